The Labute approximate surface area is 91.8 Å². The van der Waals surface area contributed by atoms with Gasteiger partial charge in [-0.25, -0.2) is 0 Å². The number of hydrogen-bond acceptors (Lipinski definition) is 3. The Balaban J connectivity index is 4.39. The number of carbonyl (C=O) groups is 1. The van der Waals surface area contributed by atoms with E-state index in [1.54, 1.807) is 0 Å². The minimum atomic E-state index is -0.511. The molecule has 3 N–H and O–H groups in total. The van der Waals surface area contributed by atoms with Crippen molar-refractivity contribution in [3.05, 3.63) is 0 Å². The van der Waals surface area contributed by atoms with Crippen LogP contribution in [0.4, 0.5) is 0 Å². The first kappa shape index (κ1) is 13.9. The quantitative estimate of drug-likeness (QED) is 0.692. The van der Waals surface area contributed by atoms with E-state index >= 15 is 0 Å². The van der Waals surface area contributed by atoms with Gasteiger partial charge in [0.05, 0.1) is 17.9 Å². The molecule has 0 saturated carbocycles. The van der Waals surface area contributed by atoms with Crippen molar-refractivity contribution in [1.29, 1.82) is 5.26 Å². The van der Waals surface area contributed by atoms with Crippen molar-refractivity contribution < 1.29 is 4.79 Å². The predicted octanol–water partition coefficient (Wildman–Crippen LogP) is 1.17. The third-order valence-corrected chi connectivity index (χ3v) is 2.94. The maximum Gasteiger partial charge on any atom is 0.227 e. The van der Waals surface area contributed by atoms with Gasteiger partial charge in [0.1, 0.15) is 0 Å². The van der Waals surface area contributed by atoms with E-state index in [0.29, 0.717) is 19.4 Å². The van der Waals surface area contributed by atoms with Crippen molar-refractivity contribution in [2.75, 3.05) is 6.54 Å². The SMILES string of the molecule is CCC(CC#N)NC(=O)C(C)(CC)CN. The molecule has 1 amide bonds. The lowest BCUT2D eigenvalue weighted by Crippen LogP contribution is -2.47. The molecule has 0 aliphatic rings. The summed E-state index contributed by atoms with van der Waals surface area (Å²) in [5, 5.41) is 11.4. The van der Waals surface area contributed by atoms with Gasteiger partial charge >= 0.3 is 0 Å². The fourth-order valence-electron chi connectivity index (χ4n) is 1.16. The van der Waals surface area contributed by atoms with Crippen LogP contribution in [0.25, 0.3) is 0 Å². The monoisotopic (exact) mass is 211 g/mol. The molecular formula is C11H21N3O. The molecule has 4 heteroatoms. The highest BCUT2D eigenvalue weighted by Gasteiger charge is 2.30. The number of nitrogens with one attached hydrogen (secondary N) is 1. The van der Waals surface area contributed by atoms with Crippen LogP contribution in [0.3, 0.4) is 0 Å². The van der Waals surface area contributed by atoms with Crippen LogP contribution in [-0.4, -0.2) is 18.5 Å². The topological polar surface area (TPSA) is 78.9 Å². The number of nitrogens with two attached hydrogens (primary N) is 1. The van der Waals surface area contributed by atoms with Crippen LogP contribution >= 0.6 is 0 Å². The molecule has 0 aromatic carbocycles. The summed E-state index contributed by atoms with van der Waals surface area (Å²) in [7, 11) is 0. The molecule has 2 unspecified atom stereocenters. The van der Waals surface area contributed by atoms with Crippen molar-refractivity contribution in [3.63, 3.8) is 0 Å². The van der Waals surface area contributed by atoms with Gasteiger partial charge < -0.3 is 11.1 Å². The normalized spacial score (nSPS) is 16.2. The number of nitrogens with zero attached hydrogens (tertiary/aromatic N) is 1. The molecule has 0 spiro atoms. The van der Waals surface area contributed by atoms with Crippen LogP contribution < -0.4 is 11.1 Å². The highest BCUT2D eigenvalue weighted by atomic mass is 16.2. The fourth-order valence-corrected chi connectivity index (χ4v) is 1.16. The van der Waals surface area contributed by atoms with Crippen molar-refractivity contribution in [2.24, 2.45) is 11.1 Å². The van der Waals surface area contributed by atoms with E-state index in [9.17, 15) is 4.79 Å². The highest BCUT2D eigenvalue weighted by Crippen LogP contribution is 2.19. The molecule has 0 bridgehead atoms. The smallest absolute Gasteiger partial charge is 0.227 e. The molecule has 0 fully saturated rings. The molecule has 4 nitrogen and oxygen atoms in total. The second-order valence-electron chi connectivity index (χ2n) is 4.06. The lowest BCUT2D eigenvalue weighted by molar-refractivity contribution is -0.130. The summed E-state index contributed by atoms with van der Waals surface area (Å²) in [4.78, 5) is 11.9. The minimum Gasteiger partial charge on any atom is -0.352 e. The van der Waals surface area contributed by atoms with Crippen LogP contribution in [-0.2, 0) is 4.79 Å². The largest absolute Gasteiger partial charge is 0.352 e. The van der Waals surface area contributed by atoms with E-state index in [2.05, 4.69) is 11.4 Å². The average molecular weight is 211 g/mol. The number of hydrogen-bond donors (Lipinski definition) is 2. The van der Waals surface area contributed by atoms with Gasteiger partial charge in [-0.1, -0.05) is 13.8 Å². The number of nitriles is 1. The summed E-state index contributed by atoms with van der Waals surface area (Å²) in [6.07, 6.45) is 1.83. The summed E-state index contributed by atoms with van der Waals surface area (Å²) in [5.41, 5.74) is 5.07. The van der Waals surface area contributed by atoms with Crippen LogP contribution in [0.5, 0.6) is 0 Å². The van der Waals surface area contributed by atoms with Gasteiger partial charge in [-0.15, -0.1) is 0 Å². The molecule has 0 aliphatic heterocycles. The van der Waals surface area contributed by atoms with Crippen molar-refractivity contribution in [2.45, 2.75) is 46.1 Å². The average Bonchev–Trinajstić information content (AvgIpc) is 2.27. The summed E-state index contributed by atoms with van der Waals surface area (Å²) in [5.74, 6) is -0.0467. The Kier molecular flexibility index (Phi) is 5.95. The van der Waals surface area contributed by atoms with Gasteiger partial charge in [0, 0.05) is 12.6 Å². The summed E-state index contributed by atoms with van der Waals surface area (Å²) < 4.78 is 0. The Morgan fingerprint density at radius 3 is 2.53 bits per heavy atom. The summed E-state index contributed by atoms with van der Waals surface area (Å²) >= 11 is 0. The molecule has 0 radical (unpaired) electrons. The molecule has 0 aliphatic carbocycles. The first-order valence-electron chi connectivity index (χ1n) is 5.42. The molecule has 15 heavy (non-hydrogen) atoms. The fraction of sp³-hybridized carbons (Fsp3) is 0.818. The van der Waals surface area contributed by atoms with Gasteiger partial charge in [-0.05, 0) is 19.8 Å². The third-order valence-electron chi connectivity index (χ3n) is 2.94. The highest BCUT2D eigenvalue weighted by molar-refractivity contribution is 5.82. The van der Waals surface area contributed by atoms with E-state index in [4.69, 9.17) is 11.0 Å². The van der Waals surface area contributed by atoms with Crippen LogP contribution in [0.2, 0.25) is 0 Å². The van der Waals surface area contributed by atoms with E-state index in [0.717, 1.165) is 6.42 Å². The zero-order valence-electron chi connectivity index (χ0n) is 9.84. The van der Waals surface area contributed by atoms with Gasteiger partial charge in [0.2, 0.25) is 5.91 Å². The Morgan fingerprint density at radius 2 is 2.20 bits per heavy atom. The molecule has 0 saturated heterocycles. The lowest BCUT2D eigenvalue weighted by Gasteiger charge is -2.27. The van der Waals surface area contributed by atoms with Crippen LogP contribution in [0.15, 0.2) is 0 Å². The third kappa shape index (κ3) is 3.88. The Morgan fingerprint density at radius 1 is 1.60 bits per heavy atom. The molecule has 0 rings (SSSR count). The van der Waals surface area contributed by atoms with Gasteiger partial charge in [-0.3, -0.25) is 4.79 Å². The number of amides is 1. The van der Waals surface area contributed by atoms with Crippen LogP contribution in [0, 0.1) is 16.7 Å². The van der Waals surface area contributed by atoms with E-state index < -0.39 is 5.41 Å². The second kappa shape index (κ2) is 6.41. The van der Waals surface area contributed by atoms with Crippen molar-refractivity contribution >= 4 is 5.91 Å². The first-order chi connectivity index (χ1) is 7.03. The molecule has 86 valence electrons. The molecule has 0 heterocycles. The van der Waals surface area contributed by atoms with Crippen molar-refractivity contribution in [3.8, 4) is 6.07 Å². The van der Waals surface area contributed by atoms with E-state index in [1.807, 2.05) is 20.8 Å². The van der Waals surface area contributed by atoms with E-state index in [-0.39, 0.29) is 11.9 Å². The first-order valence-corrected chi connectivity index (χ1v) is 5.42. The van der Waals surface area contributed by atoms with Gasteiger partial charge in [0.15, 0.2) is 0 Å². The maximum absolute atomic E-state index is 11.9. The minimum absolute atomic E-state index is 0.0467. The molecular weight excluding hydrogens is 190 g/mol. The molecule has 2 atom stereocenters. The standard InChI is InChI=1S/C11H21N3O/c1-4-9(6-7-12)14-10(15)11(3,5-2)8-13/h9H,4-6,8,13H2,1-3H3,(H,14,15). The summed E-state index contributed by atoms with van der Waals surface area (Å²) in [6.45, 7) is 6.07. The van der Waals surface area contributed by atoms with Crippen molar-refractivity contribution in [1.82, 2.24) is 5.32 Å². The predicted molar refractivity (Wildman–Crippen MR) is 59.9 cm³/mol. The summed E-state index contributed by atoms with van der Waals surface area (Å²) in [6, 6.07) is 2.01. The Bertz CT molecular complexity index is 241. The maximum atomic E-state index is 11.9. The number of carbonyl (C=O) groups excluding carboxylic acids is 1. The van der Waals surface area contributed by atoms with Gasteiger partial charge in [-0.2, -0.15) is 5.26 Å². The zero-order chi connectivity index (χ0) is 11.9. The van der Waals surface area contributed by atoms with Gasteiger partial charge in [0.25, 0.3) is 0 Å². The zero-order valence-corrected chi connectivity index (χ0v) is 9.84. The Hall–Kier alpha value is -1.08. The van der Waals surface area contributed by atoms with E-state index in [1.165, 1.54) is 0 Å². The lowest BCUT2D eigenvalue weighted by atomic mass is 9.86. The van der Waals surface area contributed by atoms with Crippen LogP contribution in [0.1, 0.15) is 40.0 Å². The number of rotatable bonds is 6. The molecule has 0 aromatic rings. The molecule has 0 aromatic heterocycles. The second-order valence-corrected chi connectivity index (χ2v) is 4.06.